The molecule has 20 heavy (non-hydrogen) atoms. The number of hydrogen-bond acceptors (Lipinski definition) is 1. The Balaban J connectivity index is 2.33. The molecule has 0 spiro atoms. The fraction of sp³-hybridized carbons (Fsp3) is 0.222. The number of para-hydroxylation sites is 2. The lowest BCUT2D eigenvalue weighted by molar-refractivity contribution is -0.633. The third-order valence-electron chi connectivity index (χ3n) is 4.02. The third kappa shape index (κ3) is 1.97. The first kappa shape index (κ1) is 12.8. The average molecular weight is 263 g/mol. The highest BCUT2D eigenvalue weighted by Gasteiger charge is 2.17. The first-order valence-corrected chi connectivity index (χ1v) is 6.90. The summed E-state index contributed by atoms with van der Waals surface area (Å²) in [5.41, 5.74) is 8.55. The Kier molecular flexibility index (Phi) is 3.01. The summed E-state index contributed by atoms with van der Waals surface area (Å²) in [6, 6.07) is 12.7. The Morgan fingerprint density at radius 1 is 1.00 bits per heavy atom. The average Bonchev–Trinajstić information content (AvgIpc) is 2.44. The van der Waals surface area contributed by atoms with Crippen LogP contribution in [0.1, 0.15) is 16.7 Å². The Labute approximate surface area is 119 Å². The van der Waals surface area contributed by atoms with E-state index < -0.39 is 0 Å². The maximum Gasteiger partial charge on any atom is 0.231 e. The minimum absolute atomic E-state index is 1.03. The van der Waals surface area contributed by atoms with Gasteiger partial charge in [0.15, 0.2) is 0 Å². The quantitative estimate of drug-likeness (QED) is 0.612. The summed E-state index contributed by atoms with van der Waals surface area (Å²) in [7, 11) is 2.11. The van der Waals surface area contributed by atoms with Gasteiger partial charge < -0.3 is 0 Å². The lowest BCUT2D eigenvalue weighted by atomic mass is 9.98. The summed E-state index contributed by atoms with van der Waals surface area (Å²) in [5.74, 6) is 0. The molecule has 0 amide bonds. The first-order chi connectivity index (χ1) is 9.58. The third-order valence-corrected chi connectivity index (χ3v) is 4.02. The van der Waals surface area contributed by atoms with Gasteiger partial charge in [0.1, 0.15) is 18.8 Å². The number of fused-ring (bicyclic) bond motifs is 1. The van der Waals surface area contributed by atoms with E-state index in [2.05, 4.69) is 61.6 Å². The van der Waals surface area contributed by atoms with Gasteiger partial charge in [0.05, 0.1) is 5.56 Å². The van der Waals surface area contributed by atoms with Crippen LogP contribution in [0.2, 0.25) is 0 Å². The zero-order chi connectivity index (χ0) is 14.3. The number of benzene rings is 2. The number of rotatable bonds is 1. The molecule has 0 aliphatic rings. The van der Waals surface area contributed by atoms with Gasteiger partial charge in [0.2, 0.25) is 11.2 Å². The van der Waals surface area contributed by atoms with E-state index in [4.69, 9.17) is 0 Å². The molecule has 2 nitrogen and oxygen atoms in total. The van der Waals surface area contributed by atoms with Gasteiger partial charge in [-0.15, -0.1) is 0 Å². The molecule has 3 rings (SSSR count). The Morgan fingerprint density at radius 3 is 2.55 bits per heavy atom. The number of hydrogen-bond donors (Lipinski definition) is 0. The number of aryl methyl sites for hydroxylation is 3. The summed E-state index contributed by atoms with van der Waals surface area (Å²) in [5, 5.41) is 0. The fourth-order valence-electron chi connectivity index (χ4n) is 2.76. The molecular formula is C18H19N2+. The van der Waals surface area contributed by atoms with Gasteiger partial charge in [-0.3, -0.25) is 0 Å². The van der Waals surface area contributed by atoms with Crippen LogP contribution in [0, 0.1) is 20.8 Å². The van der Waals surface area contributed by atoms with E-state index in [1.165, 1.54) is 22.3 Å². The molecule has 2 heteroatoms. The van der Waals surface area contributed by atoms with E-state index in [0.29, 0.717) is 0 Å². The number of nitrogens with zero attached hydrogens (tertiary/aromatic N) is 2. The highest BCUT2D eigenvalue weighted by atomic mass is 15.0. The molecule has 0 saturated carbocycles. The largest absolute Gasteiger partial charge is 0.243 e. The lowest BCUT2D eigenvalue weighted by Crippen LogP contribution is -2.32. The normalized spacial score (nSPS) is 11.0. The molecule has 1 aromatic heterocycles. The summed E-state index contributed by atoms with van der Waals surface area (Å²) in [6.45, 7) is 6.49. The molecular weight excluding hydrogens is 244 g/mol. The zero-order valence-electron chi connectivity index (χ0n) is 12.4. The smallest absolute Gasteiger partial charge is 0.231 e. The molecule has 2 aromatic carbocycles. The topological polar surface area (TPSA) is 16.8 Å². The SMILES string of the molecule is Cc1cc(C)c(C)c(-c2cnc3ccccc3[n+]2C)c1. The van der Waals surface area contributed by atoms with Crippen molar-refractivity contribution < 1.29 is 4.57 Å². The van der Waals surface area contributed by atoms with Crippen molar-refractivity contribution in [2.75, 3.05) is 0 Å². The summed E-state index contributed by atoms with van der Waals surface area (Å²) in [4.78, 5) is 4.60. The van der Waals surface area contributed by atoms with Crippen molar-refractivity contribution in [3.63, 3.8) is 0 Å². The molecule has 0 atom stereocenters. The molecule has 0 N–H and O–H groups in total. The molecule has 0 unspecified atom stereocenters. The van der Waals surface area contributed by atoms with Gasteiger partial charge in [-0.2, -0.15) is 4.57 Å². The zero-order valence-corrected chi connectivity index (χ0v) is 12.4. The standard InChI is InChI=1S/C18H19N2/c1-12-9-13(2)14(3)15(10-12)18-11-19-16-7-5-6-8-17(16)20(18)4/h5-11H,1-4H3/q+1. The first-order valence-electron chi connectivity index (χ1n) is 6.90. The molecule has 0 radical (unpaired) electrons. The van der Waals surface area contributed by atoms with Crippen LogP contribution in [0.25, 0.3) is 22.3 Å². The highest BCUT2D eigenvalue weighted by Crippen LogP contribution is 2.25. The number of aromatic nitrogens is 2. The Hall–Kier alpha value is -2.22. The molecule has 100 valence electrons. The molecule has 0 aliphatic heterocycles. The fourth-order valence-corrected chi connectivity index (χ4v) is 2.76. The van der Waals surface area contributed by atoms with Crippen LogP contribution in [0.5, 0.6) is 0 Å². The van der Waals surface area contributed by atoms with Gasteiger partial charge in [-0.1, -0.05) is 23.8 Å². The lowest BCUT2D eigenvalue weighted by Gasteiger charge is -2.09. The van der Waals surface area contributed by atoms with E-state index in [9.17, 15) is 0 Å². The highest BCUT2D eigenvalue weighted by molar-refractivity contribution is 5.73. The van der Waals surface area contributed by atoms with Crippen LogP contribution < -0.4 is 4.57 Å². The van der Waals surface area contributed by atoms with Crippen molar-refractivity contribution in [2.45, 2.75) is 20.8 Å². The molecule has 3 aromatic rings. The second-order valence-corrected chi connectivity index (χ2v) is 5.45. The van der Waals surface area contributed by atoms with Crippen molar-refractivity contribution in [3.05, 3.63) is 59.3 Å². The van der Waals surface area contributed by atoms with Crippen LogP contribution in [0.3, 0.4) is 0 Å². The van der Waals surface area contributed by atoms with Gasteiger partial charge >= 0.3 is 0 Å². The van der Waals surface area contributed by atoms with Gasteiger partial charge in [-0.05, 0) is 44.0 Å². The van der Waals surface area contributed by atoms with Gasteiger partial charge in [-0.25, -0.2) is 4.98 Å². The van der Waals surface area contributed by atoms with Crippen LogP contribution >= 0.6 is 0 Å². The van der Waals surface area contributed by atoms with Crippen molar-refractivity contribution in [1.82, 2.24) is 4.98 Å². The molecule has 0 fully saturated rings. The Morgan fingerprint density at radius 2 is 1.75 bits per heavy atom. The minimum atomic E-state index is 1.03. The van der Waals surface area contributed by atoms with Crippen LogP contribution in [0.4, 0.5) is 0 Å². The van der Waals surface area contributed by atoms with E-state index in [1.54, 1.807) is 0 Å². The van der Waals surface area contributed by atoms with Gasteiger partial charge in [0, 0.05) is 6.07 Å². The van der Waals surface area contributed by atoms with Crippen molar-refractivity contribution >= 4 is 11.0 Å². The van der Waals surface area contributed by atoms with Crippen molar-refractivity contribution in [1.29, 1.82) is 0 Å². The van der Waals surface area contributed by atoms with Crippen molar-refractivity contribution in [2.24, 2.45) is 7.05 Å². The molecule has 0 aliphatic carbocycles. The van der Waals surface area contributed by atoms with E-state index in [0.717, 1.165) is 16.7 Å². The second kappa shape index (κ2) is 4.71. The van der Waals surface area contributed by atoms with Crippen LogP contribution in [-0.2, 0) is 7.05 Å². The predicted octanol–water partition coefficient (Wildman–Crippen LogP) is 3.65. The summed E-state index contributed by atoms with van der Waals surface area (Å²) < 4.78 is 2.23. The Bertz CT molecular complexity index is 804. The van der Waals surface area contributed by atoms with Crippen molar-refractivity contribution in [3.8, 4) is 11.3 Å². The molecule has 1 heterocycles. The van der Waals surface area contributed by atoms with Crippen LogP contribution in [-0.4, -0.2) is 4.98 Å². The van der Waals surface area contributed by atoms with E-state index in [1.807, 2.05) is 18.3 Å². The van der Waals surface area contributed by atoms with Crippen LogP contribution in [0.15, 0.2) is 42.6 Å². The molecule has 0 saturated heterocycles. The summed E-state index contributed by atoms with van der Waals surface area (Å²) >= 11 is 0. The van der Waals surface area contributed by atoms with Gasteiger partial charge in [0.25, 0.3) is 0 Å². The monoisotopic (exact) mass is 263 g/mol. The maximum atomic E-state index is 4.60. The predicted molar refractivity (Wildman–Crippen MR) is 82.6 cm³/mol. The van der Waals surface area contributed by atoms with E-state index >= 15 is 0 Å². The van der Waals surface area contributed by atoms with E-state index in [-0.39, 0.29) is 0 Å². The maximum absolute atomic E-state index is 4.60. The summed E-state index contributed by atoms with van der Waals surface area (Å²) in [6.07, 6.45) is 1.98. The second-order valence-electron chi connectivity index (χ2n) is 5.45. The molecule has 0 bridgehead atoms. The minimum Gasteiger partial charge on any atom is -0.243 e.